The van der Waals surface area contributed by atoms with Crippen molar-refractivity contribution in [1.82, 2.24) is 5.39 Å². The molecule has 0 aromatic carbocycles. The molecule has 5 heteroatoms. The van der Waals surface area contributed by atoms with E-state index in [-0.39, 0.29) is 5.39 Å². The van der Waals surface area contributed by atoms with E-state index < -0.39 is 12.2 Å². The molecule has 5 nitrogen and oxygen atoms in total. The maximum Gasteiger partial charge on any atom is 0.107 e. The summed E-state index contributed by atoms with van der Waals surface area (Å²) in [7, 11) is 0. The number of hydrogen-bond donors (Lipinski definition) is 3. The lowest BCUT2D eigenvalue weighted by atomic mass is 10.1. The first-order valence-electron chi connectivity index (χ1n) is 3.60. The SMILES string of the molecule is CCC[C@H](O)[C@H](C)ON(O)O. The highest BCUT2D eigenvalue weighted by molar-refractivity contribution is 4.61. The van der Waals surface area contributed by atoms with Gasteiger partial charge in [-0.3, -0.25) is 10.4 Å². The van der Waals surface area contributed by atoms with Crippen molar-refractivity contribution in [3.05, 3.63) is 0 Å². The largest absolute Gasteiger partial charge is 0.390 e. The van der Waals surface area contributed by atoms with Crippen molar-refractivity contribution in [2.75, 3.05) is 0 Å². The van der Waals surface area contributed by atoms with Crippen molar-refractivity contribution >= 4 is 0 Å². The predicted octanol–water partition coefficient (Wildman–Crippen LogP) is 0.548. The quantitative estimate of drug-likeness (QED) is 0.519. The Balaban J connectivity index is 3.54. The van der Waals surface area contributed by atoms with E-state index in [2.05, 4.69) is 4.84 Å². The maximum absolute atomic E-state index is 9.19. The molecule has 0 heterocycles. The molecule has 0 amide bonds. The third-order valence-corrected chi connectivity index (χ3v) is 1.39. The molecular formula is C6H15NO4. The van der Waals surface area contributed by atoms with E-state index in [1.54, 1.807) is 6.92 Å². The van der Waals surface area contributed by atoms with Gasteiger partial charge in [-0.1, -0.05) is 13.3 Å². The summed E-state index contributed by atoms with van der Waals surface area (Å²) in [5, 5.41) is 25.2. The summed E-state index contributed by atoms with van der Waals surface area (Å²) in [6.07, 6.45) is 0.132. The molecule has 0 aliphatic rings. The molecule has 0 aromatic heterocycles. The Morgan fingerprint density at radius 3 is 2.36 bits per heavy atom. The summed E-state index contributed by atoms with van der Waals surface area (Å²) in [4.78, 5) is 4.36. The third kappa shape index (κ3) is 5.11. The molecule has 0 bridgehead atoms. The standard InChI is InChI=1S/C6H15NO4/c1-3-4-6(8)5(2)11-7(9)10/h5-6,8-10H,3-4H2,1-2H3/t5-,6-/m0/s1. The molecule has 0 aromatic rings. The van der Waals surface area contributed by atoms with E-state index >= 15 is 0 Å². The zero-order valence-corrected chi connectivity index (χ0v) is 6.77. The van der Waals surface area contributed by atoms with Gasteiger partial charge in [0.25, 0.3) is 0 Å². The molecule has 68 valence electrons. The van der Waals surface area contributed by atoms with E-state index in [1.165, 1.54) is 0 Å². The fourth-order valence-electron chi connectivity index (χ4n) is 0.749. The van der Waals surface area contributed by atoms with Crippen LogP contribution < -0.4 is 0 Å². The number of aliphatic hydroxyl groups is 1. The fraction of sp³-hybridized carbons (Fsp3) is 1.00. The Kier molecular flexibility index (Phi) is 5.35. The van der Waals surface area contributed by atoms with Gasteiger partial charge in [-0.2, -0.15) is 0 Å². The smallest absolute Gasteiger partial charge is 0.107 e. The Labute approximate surface area is 65.7 Å². The van der Waals surface area contributed by atoms with Gasteiger partial charge in [0.15, 0.2) is 0 Å². The first kappa shape index (κ1) is 10.8. The zero-order chi connectivity index (χ0) is 8.85. The summed E-state index contributed by atoms with van der Waals surface area (Å²) < 4.78 is 0. The van der Waals surface area contributed by atoms with Gasteiger partial charge in [0, 0.05) is 0 Å². The van der Waals surface area contributed by atoms with Gasteiger partial charge in [-0.15, -0.1) is 0 Å². The maximum atomic E-state index is 9.19. The second kappa shape index (κ2) is 5.45. The summed E-state index contributed by atoms with van der Waals surface area (Å²) in [6.45, 7) is 3.48. The highest BCUT2D eigenvalue weighted by atomic mass is 17.1. The van der Waals surface area contributed by atoms with Crippen molar-refractivity contribution < 1.29 is 20.4 Å². The van der Waals surface area contributed by atoms with Gasteiger partial charge >= 0.3 is 0 Å². The molecule has 0 rings (SSSR count). The van der Waals surface area contributed by atoms with Gasteiger partial charge < -0.3 is 5.11 Å². The van der Waals surface area contributed by atoms with Crippen molar-refractivity contribution in [3.8, 4) is 0 Å². The second-order valence-corrected chi connectivity index (χ2v) is 2.42. The lowest BCUT2D eigenvalue weighted by Crippen LogP contribution is -2.31. The van der Waals surface area contributed by atoms with Crippen LogP contribution in [0.5, 0.6) is 0 Å². The van der Waals surface area contributed by atoms with Crippen LogP contribution in [0.1, 0.15) is 26.7 Å². The average molecular weight is 165 g/mol. The van der Waals surface area contributed by atoms with Crippen LogP contribution in [0.3, 0.4) is 0 Å². The number of aliphatic hydroxyl groups excluding tert-OH is 1. The number of hydrogen-bond acceptors (Lipinski definition) is 5. The van der Waals surface area contributed by atoms with E-state index in [9.17, 15) is 5.11 Å². The normalized spacial score (nSPS) is 16.9. The minimum atomic E-state index is -0.665. The lowest BCUT2D eigenvalue weighted by molar-refractivity contribution is -0.507. The molecule has 11 heavy (non-hydrogen) atoms. The van der Waals surface area contributed by atoms with Gasteiger partial charge in [-0.05, 0) is 13.3 Å². The molecular weight excluding hydrogens is 150 g/mol. The summed E-state index contributed by atoms with van der Waals surface area (Å²) >= 11 is 0. The van der Waals surface area contributed by atoms with Crippen LogP contribution in [-0.2, 0) is 4.84 Å². The van der Waals surface area contributed by atoms with E-state index in [0.717, 1.165) is 6.42 Å². The number of rotatable bonds is 5. The Hall–Kier alpha value is -0.200. The van der Waals surface area contributed by atoms with Crippen LogP contribution in [-0.4, -0.2) is 33.1 Å². The van der Waals surface area contributed by atoms with Crippen molar-refractivity contribution in [1.29, 1.82) is 0 Å². The van der Waals surface area contributed by atoms with Gasteiger partial charge in [-0.25, -0.2) is 4.84 Å². The number of nitrogens with zero attached hydrogens (tertiary/aromatic N) is 1. The first-order valence-corrected chi connectivity index (χ1v) is 3.60. The topological polar surface area (TPSA) is 73.2 Å². The molecule has 0 saturated carbocycles. The highest BCUT2D eigenvalue weighted by Crippen LogP contribution is 2.05. The monoisotopic (exact) mass is 165 g/mol. The molecule has 0 radical (unpaired) electrons. The zero-order valence-electron chi connectivity index (χ0n) is 6.77. The summed E-state index contributed by atoms with van der Waals surface area (Å²) in [5.74, 6) is 0. The molecule has 0 fully saturated rings. The predicted molar refractivity (Wildman–Crippen MR) is 36.9 cm³/mol. The highest BCUT2D eigenvalue weighted by Gasteiger charge is 2.15. The van der Waals surface area contributed by atoms with E-state index in [1.807, 2.05) is 6.92 Å². The van der Waals surface area contributed by atoms with Crippen LogP contribution in [0.2, 0.25) is 0 Å². The first-order chi connectivity index (χ1) is 5.07. The third-order valence-electron chi connectivity index (χ3n) is 1.39. The molecule has 0 saturated heterocycles. The van der Waals surface area contributed by atoms with Gasteiger partial charge in [0.05, 0.1) is 11.5 Å². The van der Waals surface area contributed by atoms with Crippen LogP contribution >= 0.6 is 0 Å². The fourth-order valence-corrected chi connectivity index (χ4v) is 0.749. The van der Waals surface area contributed by atoms with Crippen molar-refractivity contribution in [3.63, 3.8) is 0 Å². The van der Waals surface area contributed by atoms with Crippen molar-refractivity contribution in [2.45, 2.75) is 38.9 Å². The molecule has 3 N–H and O–H groups in total. The Morgan fingerprint density at radius 1 is 1.45 bits per heavy atom. The van der Waals surface area contributed by atoms with Crippen LogP contribution in [0, 0.1) is 0 Å². The second-order valence-electron chi connectivity index (χ2n) is 2.42. The van der Waals surface area contributed by atoms with Crippen molar-refractivity contribution in [2.24, 2.45) is 0 Å². The van der Waals surface area contributed by atoms with Gasteiger partial charge in [0.1, 0.15) is 6.10 Å². The van der Waals surface area contributed by atoms with Crippen LogP contribution in [0.25, 0.3) is 0 Å². The lowest BCUT2D eigenvalue weighted by Gasteiger charge is -2.18. The molecule has 0 unspecified atom stereocenters. The summed E-state index contributed by atoms with van der Waals surface area (Å²) in [6, 6.07) is 0. The molecule has 0 spiro atoms. The van der Waals surface area contributed by atoms with Crippen LogP contribution in [0.15, 0.2) is 0 Å². The van der Waals surface area contributed by atoms with E-state index in [4.69, 9.17) is 10.4 Å². The summed E-state index contributed by atoms with van der Waals surface area (Å²) in [5.41, 5.74) is 0. The Bertz CT molecular complexity index is 98.6. The van der Waals surface area contributed by atoms with Gasteiger partial charge in [0.2, 0.25) is 0 Å². The molecule has 0 aliphatic heterocycles. The van der Waals surface area contributed by atoms with E-state index in [0.29, 0.717) is 6.42 Å². The Morgan fingerprint density at radius 2 is 2.00 bits per heavy atom. The average Bonchev–Trinajstić information content (AvgIpc) is 1.86. The molecule has 2 atom stereocenters. The minimum Gasteiger partial charge on any atom is -0.390 e. The minimum absolute atomic E-state index is 0.385. The molecule has 0 aliphatic carbocycles. The van der Waals surface area contributed by atoms with Crippen LogP contribution in [0.4, 0.5) is 0 Å².